The van der Waals surface area contributed by atoms with Gasteiger partial charge in [-0.1, -0.05) is 60.3 Å². The summed E-state index contributed by atoms with van der Waals surface area (Å²) in [5.74, 6) is 0.562. The summed E-state index contributed by atoms with van der Waals surface area (Å²) in [5.41, 5.74) is 4.70. The Labute approximate surface area is 222 Å². The van der Waals surface area contributed by atoms with E-state index in [2.05, 4.69) is 40.0 Å². The van der Waals surface area contributed by atoms with Gasteiger partial charge in [-0.3, -0.25) is 14.3 Å². The number of thiophene rings is 1. The Balaban J connectivity index is 1.33. The molecule has 0 saturated carbocycles. The average Bonchev–Trinajstić information content (AvgIpc) is 3.53. The zero-order valence-electron chi connectivity index (χ0n) is 20.9. The monoisotopic (exact) mass is 530 g/mol. The van der Waals surface area contributed by atoms with Gasteiger partial charge in [0.15, 0.2) is 11.0 Å². The lowest BCUT2D eigenvalue weighted by molar-refractivity contribution is -0.113. The van der Waals surface area contributed by atoms with Crippen LogP contribution >= 0.6 is 23.1 Å². The normalized spacial score (nSPS) is 11.1. The Kier molecular flexibility index (Phi) is 6.86. The van der Waals surface area contributed by atoms with Crippen LogP contribution in [0.2, 0.25) is 0 Å². The molecule has 10 heteroatoms. The first kappa shape index (κ1) is 24.8. The highest BCUT2D eigenvalue weighted by atomic mass is 32.2. The minimum absolute atomic E-state index is 0.0965. The number of aryl methyl sites for hydroxylation is 1. The first-order chi connectivity index (χ1) is 17.9. The van der Waals surface area contributed by atoms with Crippen molar-refractivity contribution in [1.29, 1.82) is 0 Å². The number of anilines is 1. The summed E-state index contributed by atoms with van der Waals surface area (Å²) in [5, 5.41) is 14.3. The van der Waals surface area contributed by atoms with Gasteiger partial charge in [0, 0.05) is 35.5 Å². The van der Waals surface area contributed by atoms with E-state index in [1.165, 1.54) is 16.6 Å². The van der Waals surface area contributed by atoms with Crippen LogP contribution in [0.1, 0.15) is 10.6 Å². The van der Waals surface area contributed by atoms with Gasteiger partial charge >= 0.3 is 0 Å². The summed E-state index contributed by atoms with van der Waals surface area (Å²) in [6.45, 7) is 3.91. The van der Waals surface area contributed by atoms with Crippen molar-refractivity contribution in [2.75, 3.05) is 11.1 Å². The number of hydrogen-bond acceptors (Lipinski definition) is 6. The van der Waals surface area contributed by atoms with E-state index in [1.54, 1.807) is 27.7 Å². The molecule has 1 N–H and O–H groups in total. The number of carbonyl (C=O) groups is 1. The van der Waals surface area contributed by atoms with Gasteiger partial charge < -0.3 is 9.88 Å². The lowest BCUT2D eigenvalue weighted by Crippen LogP contribution is -2.23. The summed E-state index contributed by atoms with van der Waals surface area (Å²) in [7, 11) is 3.70. The Morgan fingerprint density at radius 2 is 1.68 bits per heavy atom. The van der Waals surface area contributed by atoms with Gasteiger partial charge in [-0.25, -0.2) is 4.68 Å². The van der Waals surface area contributed by atoms with Crippen LogP contribution in [0.15, 0.2) is 76.0 Å². The van der Waals surface area contributed by atoms with Crippen molar-refractivity contribution in [3.63, 3.8) is 0 Å². The van der Waals surface area contributed by atoms with Gasteiger partial charge in [0.1, 0.15) is 5.69 Å². The number of benzene rings is 2. The van der Waals surface area contributed by atoms with Crippen LogP contribution in [-0.4, -0.2) is 35.8 Å². The first-order valence-electron chi connectivity index (χ1n) is 11.7. The Morgan fingerprint density at radius 3 is 2.38 bits per heavy atom. The lowest BCUT2D eigenvalue weighted by Gasteiger charge is -2.07. The van der Waals surface area contributed by atoms with Crippen LogP contribution in [0.4, 0.5) is 5.69 Å². The van der Waals surface area contributed by atoms with Gasteiger partial charge in [-0.15, -0.1) is 21.5 Å². The van der Waals surface area contributed by atoms with Crippen LogP contribution in [0, 0.1) is 13.8 Å². The molecule has 3 heterocycles. The molecule has 0 unspecified atom stereocenters. The molecule has 0 spiro atoms. The maximum atomic E-state index is 13.1. The Hall–Kier alpha value is -3.89. The standard InChI is InChI=1S/C27H26N6O2S2/c1-17-24(26(35)33(32(17)4)20-13-9-6-10-14-20)28-22(34)16-37-27-30-29-25(31(27)3)21-15-36-18(2)23(21)19-11-7-5-8-12-19/h5-15H,16H2,1-4H3,(H,28,34). The number of rotatable bonds is 7. The molecule has 0 bridgehead atoms. The van der Waals surface area contributed by atoms with E-state index in [0.717, 1.165) is 28.2 Å². The van der Waals surface area contributed by atoms with Crippen LogP contribution in [0.5, 0.6) is 0 Å². The second kappa shape index (κ2) is 10.2. The molecular formula is C27H26N6O2S2. The number of hydrogen-bond donors (Lipinski definition) is 1. The molecule has 3 aromatic heterocycles. The van der Waals surface area contributed by atoms with Crippen LogP contribution in [-0.2, 0) is 18.9 Å². The molecule has 0 radical (unpaired) electrons. The van der Waals surface area contributed by atoms with Crippen molar-refractivity contribution in [1.82, 2.24) is 24.1 Å². The van der Waals surface area contributed by atoms with Crippen molar-refractivity contribution in [3.05, 3.63) is 87.0 Å². The summed E-state index contributed by atoms with van der Waals surface area (Å²) in [6.07, 6.45) is 0. The van der Waals surface area contributed by atoms with Crippen LogP contribution in [0.25, 0.3) is 28.2 Å². The van der Waals surface area contributed by atoms with E-state index in [-0.39, 0.29) is 22.9 Å². The zero-order valence-corrected chi connectivity index (χ0v) is 22.6. The molecule has 0 aliphatic heterocycles. The van der Waals surface area contributed by atoms with Gasteiger partial charge in [0.2, 0.25) is 5.91 Å². The van der Waals surface area contributed by atoms with Gasteiger partial charge in [0.25, 0.3) is 5.56 Å². The molecular weight excluding hydrogens is 504 g/mol. The fourth-order valence-corrected chi connectivity index (χ4v) is 5.85. The van der Waals surface area contributed by atoms with E-state index in [4.69, 9.17) is 0 Å². The SMILES string of the molecule is Cc1scc(-c2nnc(SCC(=O)Nc3c(C)n(C)n(-c4ccccc4)c3=O)n2C)c1-c1ccccc1. The van der Waals surface area contributed by atoms with E-state index in [9.17, 15) is 9.59 Å². The van der Waals surface area contributed by atoms with Gasteiger partial charge in [0.05, 0.1) is 17.1 Å². The third kappa shape index (κ3) is 4.65. The fourth-order valence-electron chi connectivity index (χ4n) is 4.28. The highest BCUT2D eigenvalue weighted by Gasteiger charge is 2.21. The number of amides is 1. The number of aromatic nitrogens is 5. The smallest absolute Gasteiger partial charge is 0.295 e. The highest BCUT2D eigenvalue weighted by molar-refractivity contribution is 7.99. The predicted molar refractivity (Wildman–Crippen MR) is 150 cm³/mol. The number of nitrogens with one attached hydrogen (secondary N) is 1. The number of carbonyl (C=O) groups excluding carboxylic acids is 1. The van der Waals surface area contributed by atoms with Crippen molar-refractivity contribution in [2.24, 2.45) is 14.1 Å². The molecule has 37 heavy (non-hydrogen) atoms. The molecule has 1 amide bonds. The lowest BCUT2D eigenvalue weighted by atomic mass is 10.0. The fraction of sp³-hybridized carbons (Fsp3) is 0.185. The van der Waals surface area contributed by atoms with E-state index >= 15 is 0 Å². The number of para-hydroxylation sites is 1. The van der Waals surface area contributed by atoms with Crippen molar-refractivity contribution < 1.29 is 4.79 Å². The van der Waals surface area contributed by atoms with Crippen molar-refractivity contribution in [2.45, 2.75) is 19.0 Å². The van der Waals surface area contributed by atoms with Crippen molar-refractivity contribution >= 4 is 34.7 Å². The molecule has 0 aliphatic carbocycles. The third-order valence-electron chi connectivity index (χ3n) is 6.26. The molecule has 5 aromatic rings. The van der Waals surface area contributed by atoms with Crippen LogP contribution < -0.4 is 10.9 Å². The largest absolute Gasteiger partial charge is 0.319 e. The molecule has 188 valence electrons. The van der Waals surface area contributed by atoms with Gasteiger partial charge in [-0.05, 0) is 31.5 Å². The first-order valence-corrected chi connectivity index (χ1v) is 13.5. The molecule has 5 rings (SSSR count). The summed E-state index contributed by atoms with van der Waals surface area (Å²) >= 11 is 2.96. The zero-order chi connectivity index (χ0) is 26.1. The molecule has 2 aromatic carbocycles. The number of thioether (sulfide) groups is 1. The third-order valence-corrected chi connectivity index (χ3v) is 8.20. The summed E-state index contributed by atoms with van der Waals surface area (Å²) in [6, 6.07) is 19.6. The summed E-state index contributed by atoms with van der Waals surface area (Å²) < 4.78 is 5.19. The van der Waals surface area contributed by atoms with E-state index in [0.29, 0.717) is 10.9 Å². The van der Waals surface area contributed by atoms with Crippen molar-refractivity contribution in [3.8, 4) is 28.2 Å². The predicted octanol–water partition coefficient (Wildman–Crippen LogP) is 5.05. The van der Waals surface area contributed by atoms with Gasteiger partial charge in [-0.2, -0.15) is 0 Å². The highest BCUT2D eigenvalue weighted by Crippen LogP contribution is 2.38. The quantitative estimate of drug-likeness (QED) is 0.298. The molecule has 0 fully saturated rings. The minimum Gasteiger partial charge on any atom is -0.319 e. The van der Waals surface area contributed by atoms with E-state index < -0.39 is 0 Å². The van der Waals surface area contributed by atoms with Crippen LogP contribution in [0.3, 0.4) is 0 Å². The maximum absolute atomic E-state index is 13.1. The molecule has 0 saturated heterocycles. The maximum Gasteiger partial charge on any atom is 0.295 e. The van der Waals surface area contributed by atoms with E-state index in [1.807, 2.05) is 67.1 Å². The Morgan fingerprint density at radius 1 is 1.00 bits per heavy atom. The summed E-state index contributed by atoms with van der Waals surface area (Å²) in [4.78, 5) is 27.1. The second-order valence-electron chi connectivity index (χ2n) is 8.59. The second-order valence-corrected chi connectivity index (χ2v) is 10.6. The Bertz CT molecular complexity index is 1630. The molecule has 0 atom stereocenters. The molecule has 0 aliphatic rings. The number of nitrogens with zero attached hydrogens (tertiary/aromatic N) is 5. The topological polar surface area (TPSA) is 86.7 Å². The molecule has 8 nitrogen and oxygen atoms in total. The minimum atomic E-state index is -0.281. The average molecular weight is 531 g/mol.